The monoisotopic (exact) mass is 293 g/mol. The van der Waals surface area contributed by atoms with Crippen molar-refractivity contribution in [3.63, 3.8) is 0 Å². The zero-order valence-corrected chi connectivity index (χ0v) is 12.2. The average molecular weight is 293 g/mol. The van der Waals surface area contributed by atoms with E-state index in [2.05, 4.69) is 5.10 Å². The first kappa shape index (κ1) is 15.3. The molecule has 0 saturated heterocycles. The molecule has 0 radical (unpaired) electrons. The number of benzene rings is 1. The van der Waals surface area contributed by atoms with Crippen LogP contribution in [0.4, 0.5) is 8.78 Å². The van der Waals surface area contributed by atoms with E-state index >= 15 is 0 Å². The number of carbonyl (C=O) groups excluding carboxylic acids is 1. The first-order chi connectivity index (χ1) is 9.88. The van der Waals surface area contributed by atoms with Crippen molar-refractivity contribution in [1.29, 1.82) is 0 Å². The Labute approximate surface area is 122 Å². The Morgan fingerprint density at radius 1 is 1.43 bits per heavy atom. The first-order valence-corrected chi connectivity index (χ1v) is 6.55. The molecule has 0 bridgehead atoms. The van der Waals surface area contributed by atoms with Gasteiger partial charge in [-0.05, 0) is 26.1 Å². The van der Waals surface area contributed by atoms with Crippen molar-refractivity contribution in [2.24, 2.45) is 7.05 Å². The molecule has 0 fully saturated rings. The molecule has 0 saturated carbocycles. The van der Waals surface area contributed by atoms with Crippen LogP contribution in [0.2, 0.25) is 0 Å². The molecule has 0 N–H and O–H groups in total. The number of aryl methyl sites for hydroxylation is 1. The quantitative estimate of drug-likeness (QED) is 0.795. The van der Waals surface area contributed by atoms with Crippen LogP contribution in [0.3, 0.4) is 0 Å². The molecule has 1 unspecified atom stereocenters. The van der Waals surface area contributed by atoms with Gasteiger partial charge in [0.2, 0.25) is 0 Å². The lowest BCUT2D eigenvalue weighted by Crippen LogP contribution is -2.36. The van der Waals surface area contributed by atoms with Crippen LogP contribution in [0.15, 0.2) is 30.6 Å². The minimum Gasteiger partial charge on any atom is -0.292 e. The van der Waals surface area contributed by atoms with Gasteiger partial charge < -0.3 is 0 Å². The second kappa shape index (κ2) is 6.13. The summed E-state index contributed by atoms with van der Waals surface area (Å²) in [5, 5.41) is 4.06. The SMILES string of the molecule is CC(C(=O)c1ccc(F)cc1F)N(C)Cc1cnn(C)c1. The number of aromatic nitrogens is 2. The summed E-state index contributed by atoms with van der Waals surface area (Å²) in [5.74, 6) is -1.90. The molecule has 0 amide bonds. The van der Waals surface area contributed by atoms with Crippen molar-refractivity contribution in [2.45, 2.75) is 19.5 Å². The van der Waals surface area contributed by atoms with Gasteiger partial charge in [0, 0.05) is 31.4 Å². The van der Waals surface area contributed by atoms with Gasteiger partial charge in [0.05, 0.1) is 17.8 Å². The molecule has 4 nitrogen and oxygen atoms in total. The molecule has 1 atom stereocenters. The third-order valence-corrected chi connectivity index (χ3v) is 3.43. The van der Waals surface area contributed by atoms with Crippen LogP contribution >= 0.6 is 0 Å². The van der Waals surface area contributed by atoms with Crippen LogP contribution in [-0.2, 0) is 13.6 Å². The molecule has 21 heavy (non-hydrogen) atoms. The summed E-state index contributed by atoms with van der Waals surface area (Å²) in [7, 11) is 3.59. The van der Waals surface area contributed by atoms with Crippen molar-refractivity contribution in [3.05, 3.63) is 53.4 Å². The molecule has 1 aromatic heterocycles. The minimum absolute atomic E-state index is 0.0954. The number of likely N-dealkylation sites (N-methyl/N-ethyl adjacent to an activating group) is 1. The van der Waals surface area contributed by atoms with Gasteiger partial charge in [0.15, 0.2) is 5.78 Å². The number of hydrogen-bond donors (Lipinski definition) is 0. The molecule has 1 heterocycles. The van der Waals surface area contributed by atoms with Gasteiger partial charge in [-0.3, -0.25) is 14.4 Å². The lowest BCUT2D eigenvalue weighted by molar-refractivity contribution is 0.0858. The summed E-state index contributed by atoms with van der Waals surface area (Å²) in [6, 6.07) is 2.47. The van der Waals surface area contributed by atoms with E-state index in [9.17, 15) is 13.6 Å². The molecule has 2 rings (SSSR count). The Hall–Kier alpha value is -2.08. The van der Waals surface area contributed by atoms with E-state index in [0.717, 1.165) is 17.7 Å². The van der Waals surface area contributed by atoms with Crippen molar-refractivity contribution < 1.29 is 13.6 Å². The maximum atomic E-state index is 13.7. The highest BCUT2D eigenvalue weighted by molar-refractivity contribution is 6.00. The molecular weight excluding hydrogens is 276 g/mol. The number of hydrogen-bond acceptors (Lipinski definition) is 3. The lowest BCUT2D eigenvalue weighted by Gasteiger charge is -2.23. The highest BCUT2D eigenvalue weighted by Crippen LogP contribution is 2.15. The molecule has 1 aromatic carbocycles. The molecule has 0 aliphatic rings. The van der Waals surface area contributed by atoms with Crippen LogP contribution in [0, 0.1) is 11.6 Å². The van der Waals surface area contributed by atoms with Gasteiger partial charge >= 0.3 is 0 Å². The second-order valence-electron chi connectivity index (χ2n) is 5.10. The van der Waals surface area contributed by atoms with E-state index in [1.165, 1.54) is 6.07 Å². The van der Waals surface area contributed by atoms with Gasteiger partial charge in [-0.2, -0.15) is 5.10 Å². The van der Waals surface area contributed by atoms with E-state index in [1.54, 1.807) is 29.7 Å². The normalized spacial score (nSPS) is 12.7. The molecule has 0 spiro atoms. The summed E-state index contributed by atoms with van der Waals surface area (Å²) in [6.45, 7) is 2.21. The summed E-state index contributed by atoms with van der Waals surface area (Å²) in [6.07, 6.45) is 3.57. The molecule has 0 aliphatic heterocycles. The van der Waals surface area contributed by atoms with Gasteiger partial charge in [0.25, 0.3) is 0 Å². The molecule has 2 aromatic rings. The Morgan fingerprint density at radius 2 is 2.14 bits per heavy atom. The topological polar surface area (TPSA) is 38.1 Å². The molecular formula is C15H17F2N3O. The number of ketones is 1. The fourth-order valence-corrected chi connectivity index (χ4v) is 2.09. The maximum Gasteiger partial charge on any atom is 0.182 e. The van der Waals surface area contributed by atoms with Crippen LogP contribution in [-0.4, -0.2) is 33.6 Å². The summed E-state index contributed by atoms with van der Waals surface area (Å²) in [4.78, 5) is 14.1. The van der Waals surface area contributed by atoms with E-state index < -0.39 is 17.7 Å². The largest absolute Gasteiger partial charge is 0.292 e. The van der Waals surface area contributed by atoms with Gasteiger partial charge in [0.1, 0.15) is 11.6 Å². The van der Waals surface area contributed by atoms with Gasteiger partial charge in [-0.25, -0.2) is 8.78 Å². The average Bonchev–Trinajstić information content (AvgIpc) is 2.82. The van der Waals surface area contributed by atoms with Crippen LogP contribution in [0.5, 0.6) is 0 Å². The van der Waals surface area contributed by atoms with Crippen molar-refractivity contribution in [3.8, 4) is 0 Å². The number of halogens is 2. The van der Waals surface area contributed by atoms with Crippen LogP contribution in [0.25, 0.3) is 0 Å². The zero-order chi connectivity index (χ0) is 15.6. The van der Waals surface area contributed by atoms with E-state index in [-0.39, 0.29) is 11.3 Å². The highest BCUT2D eigenvalue weighted by atomic mass is 19.1. The van der Waals surface area contributed by atoms with E-state index in [4.69, 9.17) is 0 Å². The predicted octanol–water partition coefficient (Wildman–Crippen LogP) is 2.40. The smallest absolute Gasteiger partial charge is 0.182 e. The van der Waals surface area contributed by atoms with Gasteiger partial charge in [-0.1, -0.05) is 0 Å². The number of nitrogens with zero attached hydrogens (tertiary/aromatic N) is 3. The molecule has 112 valence electrons. The first-order valence-electron chi connectivity index (χ1n) is 6.55. The fourth-order valence-electron chi connectivity index (χ4n) is 2.09. The summed E-state index contributed by atoms with van der Waals surface area (Å²) in [5.41, 5.74) is 0.862. The standard InChI is InChI=1S/C15H17F2N3O/c1-10(19(2)8-11-7-18-20(3)9-11)15(21)13-5-4-12(16)6-14(13)17/h4-7,9-10H,8H2,1-3H3. The third kappa shape index (κ3) is 3.52. The Morgan fingerprint density at radius 3 is 2.71 bits per heavy atom. The molecule has 0 aliphatic carbocycles. The Bertz CT molecular complexity index is 654. The zero-order valence-electron chi connectivity index (χ0n) is 12.2. The highest BCUT2D eigenvalue weighted by Gasteiger charge is 2.23. The molecule has 6 heteroatoms. The van der Waals surface area contributed by atoms with Crippen molar-refractivity contribution in [1.82, 2.24) is 14.7 Å². The summed E-state index contributed by atoms with van der Waals surface area (Å²) >= 11 is 0. The van der Waals surface area contributed by atoms with Gasteiger partial charge in [-0.15, -0.1) is 0 Å². The maximum absolute atomic E-state index is 13.7. The van der Waals surface area contributed by atoms with Crippen LogP contribution in [0.1, 0.15) is 22.8 Å². The number of rotatable bonds is 5. The van der Waals surface area contributed by atoms with E-state index in [0.29, 0.717) is 6.54 Å². The lowest BCUT2D eigenvalue weighted by atomic mass is 10.0. The van der Waals surface area contributed by atoms with Crippen LogP contribution < -0.4 is 0 Å². The van der Waals surface area contributed by atoms with E-state index in [1.807, 2.05) is 13.2 Å². The predicted molar refractivity (Wildman–Crippen MR) is 74.8 cm³/mol. The van der Waals surface area contributed by atoms with Crippen molar-refractivity contribution in [2.75, 3.05) is 7.05 Å². The minimum atomic E-state index is -0.832. The third-order valence-electron chi connectivity index (χ3n) is 3.43. The van der Waals surface area contributed by atoms with Crippen molar-refractivity contribution >= 4 is 5.78 Å². The Kier molecular flexibility index (Phi) is 4.47. The number of carbonyl (C=O) groups is 1. The summed E-state index contributed by atoms with van der Waals surface area (Å²) < 4.78 is 28.2. The second-order valence-corrected chi connectivity index (χ2v) is 5.10. The number of Topliss-reactive ketones (excluding diaryl/α,β-unsaturated/α-hetero) is 1. The fraction of sp³-hybridized carbons (Fsp3) is 0.333. The Balaban J connectivity index is 2.11.